The molecule has 6 heteroatoms. The number of allylic oxidation sites excluding steroid dienone is 2. The highest BCUT2D eigenvalue weighted by molar-refractivity contribution is 5.78. The Morgan fingerprint density at radius 1 is 1.10 bits per heavy atom. The molecule has 1 atom stereocenters. The van der Waals surface area contributed by atoms with E-state index >= 15 is 0 Å². The molecule has 0 amide bonds. The van der Waals surface area contributed by atoms with E-state index in [9.17, 15) is 4.39 Å². The van der Waals surface area contributed by atoms with Crippen LogP contribution < -0.4 is 5.32 Å². The maximum atomic E-state index is 13.6. The van der Waals surface area contributed by atoms with Gasteiger partial charge in [0.25, 0.3) is 0 Å². The molecule has 1 saturated carbocycles. The molecule has 160 valence electrons. The third-order valence-corrected chi connectivity index (χ3v) is 6.20. The first kappa shape index (κ1) is 19.9. The molecular formula is C25H28FN5. The molecule has 0 bridgehead atoms. The van der Waals surface area contributed by atoms with Gasteiger partial charge >= 0.3 is 0 Å². The Kier molecular flexibility index (Phi) is 5.53. The van der Waals surface area contributed by atoms with Crippen molar-refractivity contribution in [1.82, 2.24) is 19.5 Å². The van der Waals surface area contributed by atoms with Crippen LogP contribution in [0.1, 0.15) is 57.3 Å². The molecular weight excluding hydrogens is 389 g/mol. The van der Waals surface area contributed by atoms with E-state index in [1.165, 1.54) is 37.8 Å². The Morgan fingerprint density at radius 3 is 2.68 bits per heavy atom. The number of aromatic nitrogens is 4. The molecule has 0 saturated heterocycles. The van der Waals surface area contributed by atoms with Crippen molar-refractivity contribution in [3.63, 3.8) is 0 Å². The molecule has 0 radical (unpaired) electrons. The summed E-state index contributed by atoms with van der Waals surface area (Å²) in [5, 5.41) is 3.29. The number of hydrogen-bond acceptors (Lipinski definition) is 4. The summed E-state index contributed by atoms with van der Waals surface area (Å²) >= 11 is 0. The molecule has 5 rings (SSSR count). The minimum atomic E-state index is -0.242. The highest BCUT2D eigenvalue weighted by atomic mass is 19.1. The fourth-order valence-corrected chi connectivity index (χ4v) is 4.71. The van der Waals surface area contributed by atoms with Gasteiger partial charge in [-0.05, 0) is 68.9 Å². The Morgan fingerprint density at radius 2 is 1.90 bits per heavy atom. The number of aryl methyl sites for hydroxylation is 1. The van der Waals surface area contributed by atoms with Crippen LogP contribution in [0.4, 0.5) is 10.3 Å². The highest BCUT2D eigenvalue weighted by Gasteiger charge is 2.30. The Labute approximate surface area is 182 Å². The van der Waals surface area contributed by atoms with E-state index in [1.54, 1.807) is 23.9 Å². The number of benzene rings is 1. The quantitative estimate of drug-likeness (QED) is 0.503. The van der Waals surface area contributed by atoms with Crippen molar-refractivity contribution in [2.24, 2.45) is 0 Å². The van der Waals surface area contributed by atoms with Crippen molar-refractivity contribution in [3.8, 4) is 22.6 Å². The molecule has 1 aromatic carbocycles. The second-order valence-corrected chi connectivity index (χ2v) is 8.43. The molecule has 1 aliphatic heterocycles. The predicted octanol–water partition coefficient (Wildman–Crippen LogP) is 5.96. The minimum absolute atomic E-state index is 0.242. The lowest BCUT2D eigenvalue weighted by Crippen LogP contribution is -2.08. The molecule has 3 heterocycles. The van der Waals surface area contributed by atoms with E-state index in [4.69, 9.17) is 9.97 Å². The van der Waals surface area contributed by atoms with Gasteiger partial charge in [-0.1, -0.05) is 18.6 Å². The zero-order valence-corrected chi connectivity index (χ0v) is 17.9. The predicted molar refractivity (Wildman–Crippen MR) is 121 cm³/mol. The van der Waals surface area contributed by atoms with E-state index in [2.05, 4.69) is 27.9 Å². The van der Waals surface area contributed by atoms with Crippen molar-refractivity contribution >= 4 is 5.95 Å². The Hall–Kier alpha value is -3.02. The summed E-state index contributed by atoms with van der Waals surface area (Å²) in [6.45, 7) is 2.95. The summed E-state index contributed by atoms with van der Waals surface area (Å²) in [4.78, 5) is 14.2. The second kappa shape index (κ2) is 8.61. The summed E-state index contributed by atoms with van der Waals surface area (Å²) in [7, 11) is 0. The van der Waals surface area contributed by atoms with Crippen LogP contribution in [0.3, 0.4) is 0 Å². The first-order valence-electron chi connectivity index (χ1n) is 11.4. The lowest BCUT2D eigenvalue weighted by Gasteiger charge is -2.16. The van der Waals surface area contributed by atoms with Crippen LogP contribution in [-0.4, -0.2) is 26.1 Å². The van der Waals surface area contributed by atoms with Gasteiger partial charge in [-0.2, -0.15) is 0 Å². The largest absolute Gasteiger partial charge is 0.354 e. The van der Waals surface area contributed by atoms with Crippen LogP contribution in [-0.2, 0) is 6.42 Å². The van der Waals surface area contributed by atoms with Crippen LogP contribution in [0.2, 0.25) is 0 Å². The first-order chi connectivity index (χ1) is 15.2. The Bertz CT molecular complexity index is 1090. The number of rotatable bonds is 6. The van der Waals surface area contributed by atoms with Crippen LogP contribution in [0.25, 0.3) is 22.6 Å². The SMILES string of the molecule is CCCNc1nccc(-c2c(-c3ccc(F)cc3)nc3n2[C@H](C=C2CCCC2)CC3)n1. The fraction of sp³-hybridized carbons (Fsp3) is 0.400. The van der Waals surface area contributed by atoms with E-state index in [1.807, 2.05) is 6.07 Å². The van der Waals surface area contributed by atoms with Gasteiger partial charge in [-0.3, -0.25) is 0 Å². The third kappa shape index (κ3) is 3.99. The monoisotopic (exact) mass is 417 g/mol. The van der Waals surface area contributed by atoms with Gasteiger partial charge in [-0.25, -0.2) is 19.3 Å². The average molecular weight is 418 g/mol. The number of anilines is 1. The molecule has 2 aliphatic rings. The van der Waals surface area contributed by atoms with Crippen LogP contribution in [0.15, 0.2) is 48.2 Å². The number of hydrogen-bond donors (Lipinski definition) is 1. The van der Waals surface area contributed by atoms with Gasteiger partial charge in [-0.15, -0.1) is 0 Å². The first-order valence-corrected chi connectivity index (χ1v) is 11.4. The molecule has 2 aromatic heterocycles. The fourth-order valence-electron chi connectivity index (χ4n) is 4.71. The van der Waals surface area contributed by atoms with Crippen molar-refractivity contribution in [2.75, 3.05) is 11.9 Å². The van der Waals surface area contributed by atoms with Gasteiger partial charge in [0.2, 0.25) is 5.95 Å². The molecule has 31 heavy (non-hydrogen) atoms. The Balaban J connectivity index is 1.64. The molecule has 3 aromatic rings. The van der Waals surface area contributed by atoms with Gasteiger partial charge in [0.05, 0.1) is 23.1 Å². The van der Waals surface area contributed by atoms with E-state index in [0.717, 1.165) is 54.3 Å². The number of imidazole rings is 1. The van der Waals surface area contributed by atoms with Crippen molar-refractivity contribution in [1.29, 1.82) is 0 Å². The maximum absolute atomic E-state index is 13.6. The topological polar surface area (TPSA) is 55.6 Å². The molecule has 1 N–H and O–H groups in total. The summed E-state index contributed by atoms with van der Waals surface area (Å²) in [6.07, 6.45) is 12.3. The number of nitrogens with one attached hydrogen (secondary N) is 1. The zero-order valence-electron chi connectivity index (χ0n) is 17.9. The summed E-state index contributed by atoms with van der Waals surface area (Å²) < 4.78 is 15.9. The van der Waals surface area contributed by atoms with Gasteiger partial charge in [0, 0.05) is 24.7 Å². The summed E-state index contributed by atoms with van der Waals surface area (Å²) in [5.41, 5.74) is 5.19. The number of nitrogens with zero attached hydrogens (tertiary/aromatic N) is 4. The number of fused-ring (bicyclic) bond motifs is 1. The number of halogens is 1. The molecule has 1 aliphatic carbocycles. The zero-order chi connectivity index (χ0) is 21.2. The highest BCUT2D eigenvalue weighted by Crippen LogP contribution is 2.41. The van der Waals surface area contributed by atoms with Crippen molar-refractivity contribution < 1.29 is 4.39 Å². The van der Waals surface area contributed by atoms with Gasteiger partial charge < -0.3 is 9.88 Å². The molecule has 5 nitrogen and oxygen atoms in total. The average Bonchev–Trinajstić information content (AvgIpc) is 3.51. The standard InChI is InChI=1S/C25H28FN5/c1-2-14-27-25-28-15-13-21(29-25)24-23(18-7-9-19(26)10-8-18)30-22-12-11-20(31(22)24)16-17-5-3-4-6-17/h7-10,13,15-16,20H,2-6,11-12,14H2,1H3,(H,27,28,29)/t20-/m0/s1. The van der Waals surface area contributed by atoms with Crippen molar-refractivity contribution in [2.45, 2.75) is 57.9 Å². The van der Waals surface area contributed by atoms with E-state index in [-0.39, 0.29) is 5.82 Å². The van der Waals surface area contributed by atoms with Crippen LogP contribution in [0.5, 0.6) is 0 Å². The minimum Gasteiger partial charge on any atom is -0.354 e. The molecule has 0 spiro atoms. The third-order valence-electron chi connectivity index (χ3n) is 6.20. The van der Waals surface area contributed by atoms with Gasteiger partial charge in [0.15, 0.2) is 0 Å². The van der Waals surface area contributed by atoms with Gasteiger partial charge in [0.1, 0.15) is 11.6 Å². The maximum Gasteiger partial charge on any atom is 0.223 e. The summed E-state index contributed by atoms with van der Waals surface area (Å²) in [6, 6.07) is 8.84. The van der Waals surface area contributed by atoms with E-state index in [0.29, 0.717) is 12.0 Å². The van der Waals surface area contributed by atoms with E-state index < -0.39 is 0 Å². The summed E-state index contributed by atoms with van der Waals surface area (Å²) in [5.74, 6) is 1.47. The van der Waals surface area contributed by atoms with Crippen LogP contribution in [0, 0.1) is 5.82 Å². The molecule has 0 unspecified atom stereocenters. The van der Waals surface area contributed by atoms with Crippen LogP contribution >= 0.6 is 0 Å². The van der Waals surface area contributed by atoms with Crippen molar-refractivity contribution in [3.05, 3.63) is 59.8 Å². The molecule has 1 fully saturated rings. The smallest absolute Gasteiger partial charge is 0.223 e. The normalized spacial score (nSPS) is 17.7. The lowest BCUT2D eigenvalue weighted by atomic mass is 10.1. The lowest BCUT2D eigenvalue weighted by molar-refractivity contribution is 0.628. The second-order valence-electron chi connectivity index (χ2n) is 8.43.